The van der Waals surface area contributed by atoms with Crippen molar-refractivity contribution < 1.29 is 9.13 Å². The lowest BCUT2D eigenvalue weighted by molar-refractivity contribution is 0.0720. The maximum Gasteiger partial charge on any atom is 0.107 e. The molecule has 1 saturated heterocycles. The van der Waals surface area contributed by atoms with Crippen LogP contribution in [-0.2, 0) is 11.3 Å². The van der Waals surface area contributed by atoms with Crippen LogP contribution in [0.1, 0.15) is 17.2 Å². The molecule has 0 aliphatic carbocycles. The lowest BCUT2D eigenvalue weighted by Gasteiger charge is -2.27. The van der Waals surface area contributed by atoms with Gasteiger partial charge in [-0.1, -0.05) is 24.3 Å². The Hall–Kier alpha value is -1.01. The topological polar surface area (TPSA) is 50.5 Å². The zero-order valence-electron chi connectivity index (χ0n) is 12.0. The van der Waals surface area contributed by atoms with Crippen molar-refractivity contribution in [3.05, 3.63) is 35.4 Å². The Labute approximate surface area is 120 Å². The Kier molecular flexibility index (Phi) is 5.91. The third-order valence-electron chi connectivity index (χ3n) is 3.75. The Bertz CT molecular complexity index is 393. The molecular weight excluding hydrogens is 257 g/mol. The van der Waals surface area contributed by atoms with E-state index in [-0.39, 0.29) is 6.10 Å². The van der Waals surface area contributed by atoms with Crippen LogP contribution >= 0.6 is 0 Å². The van der Waals surface area contributed by atoms with Gasteiger partial charge in [-0.05, 0) is 11.1 Å². The van der Waals surface area contributed by atoms with E-state index in [2.05, 4.69) is 22.3 Å². The number of nitrogens with zero attached hydrogens (tertiary/aromatic N) is 1. The van der Waals surface area contributed by atoms with E-state index in [0.29, 0.717) is 0 Å². The van der Waals surface area contributed by atoms with Crippen LogP contribution in [0.4, 0.5) is 4.39 Å². The fourth-order valence-electron chi connectivity index (χ4n) is 2.58. The van der Waals surface area contributed by atoms with E-state index in [0.717, 1.165) is 38.3 Å². The zero-order chi connectivity index (χ0) is 14.4. The van der Waals surface area contributed by atoms with Gasteiger partial charge >= 0.3 is 0 Å². The molecule has 1 heterocycles. The Morgan fingerprint density at radius 2 is 1.95 bits per heavy atom. The van der Waals surface area contributed by atoms with E-state index < -0.39 is 12.7 Å². The standard InChI is InChI=1S/C15H24FN3O/c1-20-15(14(17)10-16)13-4-2-12(3-5-13)11-19-8-6-18-7-9-19/h2-5,14-15,18H,6-11,17H2,1H3. The second-order valence-electron chi connectivity index (χ2n) is 5.24. The number of hydrogen-bond donors (Lipinski definition) is 2. The first-order chi connectivity index (χ1) is 9.74. The van der Waals surface area contributed by atoms with Gasteiger partial charge in [-0.15, -0.1) is 0 Å². The molecule has 0 spiro atoms. The first-order valence-corrected chi connectivity index (χ1v) is 7.11. The average molecular weight is 281 g/mol. The normalized spacial score (nSPS) is 19.8. The average Bonchev–Trinajstić information content (AvgIpc) is 2.50. The summed E-state index contributed by atoms with van der Waals surface area (Å²) >= 11 is 0. The van der Waals surface area contributed by atoms with E-state index in [1.807, 2.05) is 12.1 Å². The molecule has 1 aromatic rings. The fourth-order valence-corrected chi connectivity index (χ4v) is 2.58. The molecule has 0 saturated carbocycles. The lowest BCUT2D eigenvalue weighted by Crippen LogP contribution is -2.42. The highest BCUT2D eigenvalue weighted by molar-refractivity contribution is 5.25. The molecule has 1 fully saturated rings. The molecule has 2 rings (SSSR count). The SMILES string of the molecule is COC(c1ccc(CN2CCNCC2)cc1)C(N)CF. The Morgan fingerprint density at radius 3 is 2.50 bits per heavy atom. The number of hydrogen-bond acceptors (Lipinski definition) is 4. The highest BCUT2D eigenvalue weighted by Crippen LogP contribution is 2.21. The molecule has 2 atom stereocenters. The summed E-state index contributed by atoms with van der Waals surface area (Å²) < 4.78 is 18.0. The van der Waals surface area contributed by atoms with Gasteiger partial charge in [0.25, 0.3) is 0 Å². The van der Waals surface area contributed by atoms with E-state index in [1.165, 1.54) is 5.56 Å². The Balaban J connectivity index is 1.97. The Morgan fingerprint density at radius 1 is 1.30 bits per heavy atom. The summed E-state index contributed by atoms with van der Waals surface area (Å²) in [5.41, 5.74) is 7.93. The number of ether oxygens (including phenoxy) is 1. The van der Waals surface area contributed by atoms with Crippen molar-refractivity contribution >= 4 is 0 Å². The van der Waals surface area contributed by atoms with Gasteiger partial charge < -0.3 is 15.8 Å². The summed E-state index contributed by atoms with van der Waals surface area (Å²) in [5, 5.41) is 3.34. The van der Waals surface area contributed by atoms with Crippen LogP contribution in [0.2, 0.25) is 0 Å². The van der Waals surface area contributed by atoms with Crippen molar-refractivity contribution in [2.24, 2.45) is 5.73 Å². The molecule has 1 aromatic carbocycles. The van der Waals surface area contributed by atoms with Gasteiger partial charge in [-0.25, -0.2) is 4.39 Å². The first-order valence-electron chi connectivity index (χ1n) is 7.11. The molecule has 1 aliphatic rings. The minimum Gasteiger partial charge on any atom is -0.375 e. The molecule has 3 N–H and O–H groups in total. The van der Waals surface area contributed by atoms with Crippen molar-refractivity contribution in [3.63, 3.8) is 0 Å². The summed E-state index contributed by atoms with van der Waals surface area (Å²) in [7, 11) is 1.56. The van der Waals surface area contributed by atoms with Crippen LogP contribution in [-0.4, -0.2) is 50.9 Å². The van der Waals surface area contributed by atoms with Gasteiger partial charge in [0.15, 0.2) is 0 Å². The van der Waals surface area contributed by atoms with Crippen molar-refractivity contribution in [1.82, 2.24) is 10.2 Å². The molecular formula is C15H24FN3O. The van der Waals surface area contributed by atoms with Crippen LogP contribution in [0.5, 0.6) is 0 Å². The van der Waals surface area contributed by atoms with Crippen molar-refractivity contribution in [2.45, 2.75) is 18.7 Å². The van der Waals surface area contributed by atoms with E-state index >= 15 is 0 Å². The van der Waals surface area contributed by atoms with Gasteiger partial charge in [0, 0.05) is 39.8 Å². The highest BCUT2D eigenvalue weighted by atomic mass is 19.1. The monoisotopic (exact) mass is 281 g/mol. The molecule has 20 heavy (non-hydrogen) atoms. The number of halogens is 1. The molecule has 0 bridgehead atoms. The van der Waals surface area contributed by atoms with Crippen LogP contribution in [0.25, 0.3) is 0 Å². The minimum atomic E-state index is -0.612. The number of nitrogens with two attached hydrogens (primary N) is 1. The summed E-state index contributed by atoms with van der Waals surface area (Å²) in [6, 6.07) is 7.52. The van der Waals surface area contributed by atoms with Crippen molar-refractivity contribution in [2.75, 3.05) is 40.0 Å². The second kappa shape index (κ2) is 7.69. The summed E-state index contributed by atoms with van der Waals surface area (Å²) in [5.74, 6) is 0. The van der Waals surface area contributed by atoms with Crippen molar-refractivity contribution in [1.29, 1.82) is 0 Å². The molecule has 0 radical (unpaired) electrons. The minimum absolute atomic E-state index is 0.381. The number of alkyl halides is 1. The highest BCUT2D eigenvalue weighted by Gasteiger charge is 2.19. The molecule has 1 aliphatic heterocycles. The molecule has 0 amide bonds. The molecule has 112 valence electrons. The summed E-state index contributed by atoms with van der Waals surface area (Å²) in [6.45, 7) is 4.63. The van der Waals surface area contributed by atoms with Gasteiger partial charge in [-0.3, -0.25) is 4.90 Å². The predicted octanol–water partition coefficient (Wildman–Crippen LogP) is 1.08. The van der Waals surface area contributed by atoms with Crippen molar-refractivity contribution in [3.8, 4) is 0 Å². The summed E-state index contributed by atoms with van der Waals surface area (Å²) in [6.07, 6.45) is -0.381. The van der Waals surface area contributed by atoms with Gasteiger partial charge in [0.1, 0.15) is 6.67 Å². The third-order valence-corrected chi connectivity index (χ3v) is 3.75. The number of piperazine rings is 1. The lowest BCUT2D eigenvalue weighted by atomic mass is 10.0. The number of benzene rings is 1. The van der Waals surface area contributed by atoms with E-state index in [1.54, 1.807) is 7.11 Å². The van der Waals surface area contributed by atoms with Crippen LogP contribution in [0.3, 0.4) is 0 Å². The molecule has 0 aromatic heterocycles. The molecule has 2 unspecified atom stereocenters. The number of nitrogens with one attached hydrogen (secondary N) is 1. The zero-order valence-corrected chi connectivity index (χ0v) is 12.0. The molecule has 4 nitrogen and oxygen atoms in total. The predicted molar refractivity (Wildman–Crippen MR) is 78.3 cm³/mol. The number of methoxy groups -OCH3 is 1. The third kappa shape index (κ3) is 3.99. The van der Waals surface area contributed by atoms with Gasteiger partial charge in [0.05, 0.1) is 12.1 Å². The van der Waals surface area contributed by atoms with Crippen LogP contribution in [0, 0.1) is 0 Å². The first kappa shape index (κ1) is 15.4. The van der Waals surface area contributed by atoms with Gasteiger partial charge in [0.2, 0.25) is 0 Å². The maximum absolute atomic E-state index is 12.7. The van der Waals surface area contributed by atoms with Crippen LogP contribution in [0.15, 0.2) is 24.3 Å². The number of rotatable bonds is 6. The molecule has 5 heteroatoms. The smallest absolute Gasteiger partial charge is 0.107 e. The summed E-state index contributed by atoms with van der Waals surface area (Å²) in [4.78, 5) is 2.42. The fraction of sp³-hybridized carbons (Fsp3) is 0.600. The van der Waals surface area contributed by atoms with Crippen LogP contribution < -0.4 is 11.1 Å². The van der Waals surface area contributed by atoms with E-state index in [4.69, 9.17) is 10.5 Å². The second-order valence-corrected chi connectivity index (χ2v) is 5.24. The van der Waals surface area contributed by atoms with E-state index in [9.17, 15) is 4.39 Å². The quantitative estimate of drug-likeness (QED) is 0.819. The maximum atomic E-state index is 12.7. The largest absolute Gasteiger partial charge is 0.375 e. The van der Waals surface area contributed by atoms with Gasteiger partial charge in [-0.2, -0.15) is 0 Å².